The van der Waals surface area contributed by atoms with Gasteiger partial charge in [0.25, 0.3) is 5.91 Å². The molecule has 10 heteroatoms. The number of nitrogens with one attached hydrogen (secondary N) is 2. The van der Waals surface area contributed by atoms with Crippen molar-refractivity contribution < 1.29 is 4.79 Å². The van der Waals surface area contributed by atoms with Crippen molar-refractivity contribution in [2.45, 2.75) is 6.92 Å². The van der Waals surface area contributed by atoms with Gasteiger partial charge in [-0.1, -0.05) is 11.2 Å². The lowest BCUT2D eigenvalue weighted by Crippen LogP contribution is -2.21. The minimum atomic E-state index is -0.447. The van der Waals surface area contributed by atoms with E-state index in [9.17, 15) is 9.59 Å². The smallest absolute Gasteiger partial charge is 0.289 e. The molecule has 1 amide bonds. The molecule has 0 unspecified atom stereocenters. The van der Waals surface area contributed by atoms with Gasteiger partial charge >= 0.3 is 5.69 Å². The maximum Gasteiger partial charge on any atom is 0.353 e. The van der Waals surface area contributed by atoms with Crippen LogP contribution in [0.2, 0.25) is 0 Å². The lowest BCUT2D eigenvalue weighted by Gasteiger charge is -2.02. The van der Waals surface area contributed by atoms with Crippen molar-refractivity contribution in [3.05, 3.63) is 46.0 Å². The van der Waals surface area contributed by atoms with Gasteiger partial charge < -0.3 is 0 Å². The quantitative estimate of drug-likeness (QED) is 0.567. The first-order valence-corrected chi connectivity index (χ1v) is 7.41. The maximum absolute atomic E-state index is 12.4. The van der Waals surface area contributed by atoms with Gasteiger partial charge in [-0.2, -0.15) is 0 Å². The van der Waals surface area contributed by atoms with Crippen LogP contribution in [0.4, 0.5) is 5.95 Å². The molecule has 0 spiro atoms. The summed E-state index contributed by atoms with van der Waals surface area (Å²) in [5, 5.41) is 15.3. The van der Waals surface area contributed by atoms with E-state index >= 15 is 0 Å². The summed E-state index contributed by atoms with van der Waals surface area (Å²) >= 11 is 1.36. The molecule has 0 bridgehead atoms. The zero-order chi connectivity index (χ0) is 16.0. The molecule has 1 aromatic carbocycles. The molecule has 4 aromatic rings. The average Bonchev–Trinajstić information content (AvgIpc) is 3.14. The second-order valence-electron chi connectivity index (χ2n) is 4.87. The first-order chi connectivity index (χ1) is 11.1. The van der Waals surface area contributed by atoms with E-state index in [4.69, 9.17) is 0 Å². The lowest BCUT2D eigenvalue weighted by molar-refractivity contribution is 0.102. The van der Waals surface area contributed by atoms with Crippen LogP contribution in [0.3, 0.4) is 0 Å². The monoisotopic (exact) mass is 327 g/mol. The molecule has 3 heterocycles. The average molecular weight is 327 g/mol. The van der Waals surface area contributed by atoms with Crippen molar-refractivity contribution in [2.75, 3.05) is 5.32 Å². The zero-order valence-corrected chi connectivity index (χ0v) is 12.6. The second-order valence-corrected chi connectivity index (χ2v) is 5.90. The molecule has 0 aliphatic heterocycles. The van der Waals surface area contributed by atoms with Crippen LogP contribution in [0, 0.1) is 6.92 Å². The van der Waals surface area contributed by atoms with Gasteiger partial charge in [-0.3, -0.25) is 10.1 Å². The Morgan fingerprint density at radius 3 is 3.04 bits per heavy atom. The fourth-order valence-electron chi connectivity index (χ4n) is 2.29. The van der Waals surface area contributed by atoms with Crippen LogP contribution < -0.4 is 11.0 Å². The highest BCUT2D eigenvalue weighted by Crippen LogP contribution is 2.28. The van der Waals surface area contributed by atoms with Crippen LogP contribution in [0.15, 0.2) is 29.2 Å². The van der Waals surface area contributed by atoms with Crippen molar-refractivity contribution in [3.63, 3.8) is 0 Å². The highest BCUT2D eigenvalue weighted by atomic mass is 32.1. The van der Waals surface area contributed by atoms with Gasteiger partial charge in [0.2, 0.25) is 5.95 Å². The van der Waals surface area contributed by atoms with Crippen molar-refractivity contribution in [1.29, 1.82) is 0 Å². The number of aryl methyl sites for hydroxylation is 1. The lowest BCUT2D eigenvalue weighted by atomic mass is 10.2. The van der Waals surface area contributed by atoms with Crippen LogP contribution >= 0.6 is 11.3 Å². The van der Waals surface area contributed by atoms with Crippen LogP contribution in [-0.2, 0) is 0 Å². The molecule has 2 N–H and O–H groups in total. The third kappa shape index (κ3) is 2.16. The molecule has 0 atom stereocenters. The third-order valence-electron chi connectivity index (χ3n) is 3.31. The molecule has 3 aromatic heterocycles. The van der Waals surface area contributed by atoms with Crippen molar-refractivity contribution in [1.82, 2.24) is 30.0 Å². The largest absolute Gasteiger partial charge is 0.353 e. The van der Waals surface area contributed by atoms with E-state index in [1.54, 1.807) is 0 Å². The molecule has 9 nitrogen and oxygen atoms in total. The highest BCUT2D eigenvalue weighted by molar-refractivity contribution is 7.24. The Morgan fingerprint density at radius 2 is 2.26 bits per heavy atom. The number of thiazole rings is 1. The Hall–Kier alpha value is -3.14. The van der Waals surface area contributed by atoms with Crippen molar-refractivity contribution in [3.8, 4) is 0 Å². The van der Waals surface area contributed by atoms with E-state index in [-0.39, 0.29) is 11.5 Å². The summed E-state index contributed by atoms with van der Waals surface area (Å²) in [7, 11) is 0. The molecule has 0 saturated carbocycles. The van der Waals surface area contributed by atoms with Gasteiger partial charge in [-0.25, -0.2) is 19.3 Å². The Labute approximate surface area is 132 Å². The van der Waals surface area contributed by atoms with E-state index < -0.39 is 11.6 Å². The summed E-state index contributed by atoms with van der Waals surface area (Å²) in [5.41, 5.74) is 1.65. The number of tetrazole rings is 1. The van der Waals surface area contributed by atoms with Crippen LogP contribution in [0.5, 0.6) is 0 Å². The normalized spacial score (nSPS) is 11.2. The maximum atomic E-state index is 12.4. The third-order valence-corrected chi connectivity index (χ3v) is 4.46. The number of amides is 1. The van der Waals surface area contributed by atoms with E-state index in [1.165, 1.54) is 21.9 Å². The number of aromatic amines is 1. The van der Waals surface area contributed by atoms with E-state index in [0.29, 0.717) is 4.83 Å². The molecule has 0 saturated heterocycles. The summed E-state index contributed by atoms with van der Waals surface area (Å²) in [5.74, 6) is -0.326. The second kappa shape index (κ2) is 4.95. The fraction of sp³-hybridized carbons (Fsp3) is 0.0769. The van der Waals surface area contributed by atoms with Crippen LogP contribution in [0.1, 0.15) is 15.9 Å². The number of benzene rings is 1. The molecule has 0 aliphatic rings. The van der Waals surface area contributed by atoms with Gasteiger partial charge in [0.05, 0.1) is 15.8 Å². The number of nitrogens with zero attached hydrogens (tertiary/aromatic N) is 5. The molecular weight excluding hydrogens is 318 g/mol. The van der Waals surface area contributed by atoms with Crippen LogP contribution in [0.25, 0.3) is 15.0 Å². The fourth-order valence-corrected chi connectivity index (χ4v) is 3.53. The van der Waals surface area contributed by atoms with E-state index in [0.717, 1.165) is 15.8 Å². The minimum Gasteiger partial charge on any atom is -0.289 e. The predicted octanol–water partition coefficient (Wildman–Crippen LogP) is 0.983. The Balaban J connectivity index is 1.94. The summed E-state index contributed by atoms with van der Waals surface area (Å²) < 4.78 is 2.35. The van der Waals surface area contributed by atoms with E-state index in [2.05, 4.69) is 30.9 Å². The Bertz CT molecular complexity index is 1100. The van der Waals surface area contributed by atoms with Gasteiger partial charge in [0.1, 0.15) is 4.83 Å². The topological polar surface area (TPSA) is 118 Å². The first kappa shape index (κ1) is 13.5. The summed E-state index contributed by atoms with van der Waals surface area (Å²) in [6, 6.07) is 5.72. The number of hydrogen-bond acceptors (Lipinski definition) is 7. The van der Waals surface area contributed by atoms with Gasteiger partial charge in [-0.05, 0) is 35.0 Å². The highest BCUT2D eigenvalue weighted by Gasteiger charge is 2.17. The molecular formula is C13H9N7O2S. The summed E-state index contributed by atoms with van der Waals surface area (Å²) in [6.07, 6.45) is 1.26. The molecule has 0 aliphatic carbocycles. The molecule has 0 radical (unpaired) electrons. The number of aromatic nitrogens is 6. The number of rotatable bonds is 2. The minimum absolute atomic E-state index is 0.122. The zero-order valence-electron chi connectivity index (χ0n) is 11.8. The van der Waals surface area contributed by atoms with E-state index in [1.807, 2.05) is 25.1 Å². The predicted molar refractivity (Wildman–Crippen MR) is 83.7 cm³/mol. The first-order valence-electron chi connectivity index (χ1n) is 6.59. The molecule has 4 rings (SSSR count). The van der Waals surface area contributed by atoms with Gasteiger partial charge in [0, 0.05) is 6.20 Å². The van der Waals surface area contributed by atoms with Gasteiger partial charge in [-0.15, -0.1) is 11.3 Å². The number of fused-ring (bicyclic) bond motifs is 3. The number of hydrogen-bond donors (Lipinski definition) is 2. The molecule has 23 heavy (non-hydrogen) atoms. The SMILES string of the molecule is Cc1ccc2c(c1)sc1c(C(=O)Nc3nnn[nH]3)cnc(=O)n12. The number of H-pyrrole nitrogens is 1. The Kier molecular flexibility index (Phi) is 2.91. The molecule has 0 fully saturated rings. The number of carbonyl (C=O) groups is 1. The summed E-state index contributed by atoms with van der Waals surface area (Å²) in [4.78, 5) is 28.8. The number of anilines is 1. The van der Waals surface area contributed by atoms with Crippen LogP contribution in [-0.4, -0.2) is 35.9 Å². The Morgan fingerprint density at radius 1 is 1.39 bits per heavy atom. The van der Waals surface area contributed by atoms with Crippen molar-refractivity contribution in [2.24, 2.45) is 0 Å². The molecule has 114 valence electrons. The van der Waals surface area contributed by atoms with Crippen molar-refractivity contribution >= 4 is 38.2 Å². The standard InChI is InChI=1S/C13H9N7O2S/c1-6-2-3-8-9(4-6)23-11-7(5-14-13(22)20(8)11)10(21)15-12-16-18-19-17-12/h2-5H,1H3,(H2,15,16,17,18,19,21). The number of carbonyl (C=O) groups excluding carboxylic acids is 1. The van der Waals surface area contributed by atoms with Gasteiger partial charge in [0.15, 0.2) is 0 Å². The summed E-state index contributed by atoms with van der Waals surface area (Å²) in [6.45, 7) is 1.97.